The summed E-state index contributed by atoms with van der Waals surface area (Å²) in [5.74, 6) is 1.42. The molecule has 1 aromatic heterocycles. The Balaban J connectivity index is 1.83. The maximum atomic E-state index is 5.53. The van der Waals surface area contributed by atoms with Crippen LogP contribution < -0.4 is 10.2 Å². The Morgan fingerprint density at radius 1 is 1.59 bits per heavy atom. The molecule has 2 heterocycles. The standard InChI is InChI=1S/C13H23N3O/c1-10(2)6-14-7-12-9-17-13(15-12)16-5-4-11(3)8-16/h9-11,14H,4-8H2,1-3H3. The van der Waals surface area contributed by atoms with Crippen LogP contribution in [0.5, 0.6) is 0 Å². The van der Waals surface area contributed by atoms with E-state index in [1.807, 2.05) is 0 Å². The molecular weight excluding hydrogens is 214 g/mol. The van der Waals surface area contributed by atoms with Gasteiger partial charge in [0.05, 0.1) is 5.69 Å². The summed E-state index contributed by atoms with van der Waals surface area (Å²) in [4.78, 5) is 6.75. The zero-order valence-electron chi connectivity index (χ0n) is 11.1. The van der Waals surface area contributed by atoms with E-state index in [4.69, 9.17) is 4.42 Å². The molecule has 1 aliphatic heterocycles. The van der Waals surface area contributed by atoms with Gasteiger partial charge in [-0.15, -0.1) is 0 Å². The number of oxazole rings is 1. The first-order valence-corrected chi connectivity index (χ1v) is 6.55. The minimum absolute atomic E-state index is 0.667. The lowest BCUT2D eigenvalue weighted by atomic mass is 10.2. The van der Waals surface area contributed by atoms with E-state index in [0.29, 0.717) is 5.92 Å². The molecule has 1 saturated heterocycles. The monoisotopic (exact) mass is 237 g/mol. The van der Waals surface area contributed by atoms with Crippen molar-refractivity contribution in [1.82, 2.24) is 10.3 Å². The van der Waals surface area contributed by atoms with E-state index < -0.39 is 0 Å². The van der Waals surface area contributed by atoms with Gasteiger partial charge in [0.2, 0.25) is 0 Å². The van der Waals surface area contributed by atoms with E-state index >= 15 is 0 Å². The summed E-state index contributed by atoms with van der Waals surface area (Å²) in [5.41, 5.74) is 1.00. The number of anilines is 1. The van der Waals surface area contributed by atoms with Crippen molar-refractivity contribution in [3.8, 4) is 0 Å². The molecule has 1 fully saturated rings. The van der Waals surface area contributed by atoms with Crippen molar-refractivity contribution >= 4 is 6.01 Å². The molecular formula is C13H23N3O. The minimum atomic E-state index is 0.667. The third-order valence-corrected chi connectivity index (χ3v) is 3.09. The van der Waals surface area contributed by atoms with Crippen LogP contribution in [0.15, 0.2) is 10.7 Å². The summed E-state index contributed by atoms with van der Waals surface area (Å²) in [6, 6.07) is 0.788. The maximum absolute atomic E-state index is 5.53. The number of nitrogens with zero attached hydrogens (tertiary/aromatic N) is 2. The number of rotatable bonds is 5. The number of nitrogens with one attached hydrogen (secondary N) is 1. The van der Waals surface area contributed by atoms with Crippen LogP contribution in [0.1, 0.15) is 32.9 Å². The van der Waals surface area contributed by atoms with Crippen molar-refractivity contribution < 1.29 is 4.42 Å². The molecule has 0 aliphatic carbocycles. The Hall–Kier alpha value is -1.03. The molecule has 4 nitrogen and oxygen atoms in total. The van der Waals surface area contributed by atoms with Crippen LogP contribution in [-0.4, -0.2) is 24.6 Å². The van der Waals surface area contributed by atoms with Gasteiger partial charge >= 0.3 is 0 Å². The Morgan fingerprint density at radius 2 is 2.41 bits per heavy atom. The van der Waals surface area contributed by atoms with E-state index in [2.05, 4.69) is 36.0 Å². The van der Waals surface area contributed by atoms with Crippen molar-refractivity contribution in [3.05, 3.63) is 12.0 Å². The predicted molar refractivity (Wildman–Crippen MR) is 69.0 cm³/mol. The zero-order chi connectivity index (χ0) is 12.3. The molecule has 0 aromatic carbocycles. The van der Waals surface area contributed by atoms with Crippen molar-refractivity contribution in [2.75, 3.05) is 24.5 Å². The van der Waals surface area contributed by atoms with Gasteiger partial charge in [-0.2, -0.15) is 4.98 Å². The smallest absolute Gasteiger partial charge is 0.297 e. The molecule has 4 heteroatoms. The highest BCUT2D eigenvalue weighted by molar-refractivity contribution is 5.28. The molecule has 2 rings (SSSR count). The van der Waals surface area contributed by atoms with Crippen molar-refractivity contribution in [2.45, 2.75) is 33.7 Å². The van der Waals surface area contributed by atoms with Gasteiger partial charge < -0.3 is 14.6 Å². The van der Waals surface area contributed by atoms with Crippen LogP contribution in [0.2, 0.25) is 0 Å². The average molecular weight is 237 g/mol. The Bertz CT molecular complexity index is 348. The third kappa shape index (κ3) is 3.46. The molecule has 0 bridgehead atoms. The van der Waals surface area contributed by atoms with Gasteiger partial charge in [0, 0.05) is 19.6 Å². The lowest BCUT2D eigenvalue weighted by molar-refractivity contribution is 0.534. The molecule has 1 aliphatic rings. The average Bonchev–Trinajstić information content (AvgIpc) is 2.86. The quantitative estimate of drug-likeness (QED) is 0.853. The summed E-state index contributed by atoms with van der Waals surface area (Å²) >= 11 is 0. The predicted octanol–water partition coefficient (Wildman–Crippen LogP) is 2.27. The van der Waals surface area contributed by atoms with Crippen molar-refractivity contribution in [3.63, 3.8) is 0 Å². The first kappa shape index (κ1) is 12.4. The number of aromatic nitrogens is 1. The maximum Gasteiger partial charge on any atom is 0.297 e. The van der Waals surface area contributed by atoms with Gasteiger partial charge in [0.25, 0.3) is 6.01 Å². The number of hydrogen-bond donors (Lipinski definition) is 1. The van der Waals surface area contributed by atoms with E-state index in [9.17, 15) is 0 Å². The highest BCUT2D eigenvalue weighted by atomic mass is 16.4. The van der Waals surface area contributed by atoms with Gasteiger partial charge in [-0.3, -0.25) is 0 Å². The van der Waals surface area contributed by atoms with Gasteiger partial charge in [0.1, 0.15) is 6.26 Å². The van der Waals surface area contributed by atoms with E-state index in [0.717, 1.165) is 43.8 Å². The van der Waals surface area contributed by atoms with Crippen LogP contribution in [-0.2, 0) is 6.54 Å². The second-order valence-corrected chi connectivity index (χ2v) is 5.49. The molecule has 1 N–H and O–H groups in total. The van der Waals surface area contributed by atoms with Crippen molar-refractivity contribution in [1.29, 1.82) is 0 Å². The topological polar surface area (TPSA) is 41.3 Å². The van der Waals surface area contributed by atoms with E-state index in [1.165, 1.54) is 6.42 Å². The van der Waals surface area contributed by atoms with Crippen LogP contribution in [0.25, 0.3) is 0 Å². The molecule has 1 aromatic rings. The second kappa shape index (κ2) is 5.54. The lowest BCUT2D eigenvalue weighted by Crippen LogP contribution is -2.20. The first-order valence-electron chi connectivity index (χ1n) is 6.55. The van der Waals surface area contributed by atoms with Crippen molar-refractivity contribution in [2.24, 2.45) is 11.8 Å². The third-order valence-electron chi connectivity index (χ3n) is 3.09. The van der Waals surface area contributed by atoms with Gasteiger partial charge in [-0.1, -0.05) is 20.8 Å². The molecule has 1 unspecified atom stereocenters. The highest BCUT2D eigenvalue weighted by Gasteiger charge is 2.22. The Labute approximate surface area is 103 Å². The van der Waals surface area contributed by atoms with Crippen LogP contribution >= 0.6 is 0 Å². The van der Waals surface area contributed by atoms with Crippen LogP contribution in [0.4, 0.5) is 6.01 Å². The fourth-order valence-corrected chi connectivity index (χ4v) is 2.12. The largest absolute Gasteiger partial charge is 0.432 e. The molecule has 0 radical (unpaired) electrons. The number of hydrogen-bond acceptors (Lipinski definition) is 4. The fourth-order valence-electron chi connectivity index (χ4n) is 2.12. The normalized spacial score (nSPS) is 20.5. The molecule has 17 heavy (non-hydrogen) atoms. The summed E-state index contributed by atoms with van der Waals surface area (Å²) in [6.45, 7) is 10.6. The summed E-state index contributed by atoms with van der Waals surface area (Å²) < 4.78 is 5.53. The lowest BCUT2D eigenvalue weighted by Gasteiger charge is -2.11. The highest BCUT2D eigenvalue weighted by Crippen LogP contribution is 2.22. The summed E-state index contributed by atoms with van der Waals surface area (Å²) in [5, 5.41) is 3.37. The Morgan fingerprint density at radius 3 is 3.06 bits per heavy atom. The molecule has 96 valence electrons. The SMILES string of the molecule is CC(C)CNCc1coc(N2CCC(C)C2)n1. The second-order valence-electron chi connectivity index (χ2n) is 5.49. The first-order chi connectivity index (χ1) is 8.15. The summed E-state index contributed by atoms with van der Waals surface area (Å²) in [7, 11) is 0. The minimum Gasteiger partial charge on any atom is -0.432 e. The fraction of sp³-hybridized carbons (Fsp3) is 0.769. The van der Waals surface area contributed by atoms with E-state index in [1.54, 1.807) is 6.26 Å². The molecule has 0 spiro atoms. The zero-order valence-corrected chi connectivity index (χ0v) is 11.1. The molecule has 0 saturated carbocycles. The summed E-state index contributed by atoms with van der Waals surface area (Å²) in [6.07, 6.45) is 3.01. The van der Waals surface area contributed by atoms with Gasteiger partial charge in [-0.25, -0.2) is 0 Å². The molecule has 1 atom stereocenters. The van der Waals surface area contributed by atoms with Crippen LogP contribution in [0, 0.1) is 11.8 Å². The van der Waals surface area contributed by atoms with Gasteiger partial charge in [-0.05, 0) is 24.8 Å². The van der Waals surface area contributed by atoms with E-state index in [-0.39, 0.29) is 0 Å². The van der Waals surface area contributed by atoms with Gasteiger partial charge in [0.15, 0.2) is 0 Å². The Kier molecular flexibility index (Phi) is 4.05. The van der Waals surface area contributed by atoms with Crippen LogP contribution in [0.3, 0.4) is 0 Å². The molecule has 0 amide bonds.